The summed E-state index contributed by atoms with van der Waals surface area (Å²) < 4.78 is 0. The van der Waals surface area contributed by atoms with Gasteiger partial charge in [-0.3, -0.25) is 4.79 Å². The molecule has 0 spiro atoms. The summed E-state index contributed by atoms with van der Waals surface area (Å²) in [7, 11) is 3.91. The van der Waals surface area contributed by atoms with Crippen molar-refractivity contribution in [2.45, 2.75) is 24.1 Å². The van der Waals surface area contributed by atoms with Crippen molar-refractivity contribution in [1.29, 1.82) is 0 Å². The van der Waals surface area contributed by atoms with Crippen LogP contribution in [-0.4, -0.2) is 41.4 Å². The molecule has 4 heteroatoms. The minimum Gasteiger partial charge on any atom is -0.481 e. The van der Waals surface area contributed by atoms with Gasteiger partial charge in [-0.25, -0.2) is 0 Å². The third-order valence-electron chi connectivity index (χ3n) is 2.78. The van der Waals surface area contributed by atoms with Crippen LogP contribution < -0.4 is 0 Å². The molecule has 1 unspecified atom stereocenters. The summed E-state index contributed by atoms with van der Waals surface area (Å²) >= 11 is 4.41. The van der Waals surface area contributed by atoms with Gasteiger partial charge in [0.2, 0.25) is 0 Å². The number of benzene rings is 1. The maximum Gasteiger partial charge on any atom is 0.304 e. The fourth-order valence-electron chi connectivity index (χ4n) is 1.83. The van der Waals surface area contributed by atoms with Crippen LogP contribution in [0.15, 0.2) is 30.3 Å². The van der Waals surface area contributed by atoms with Crippen molar-refractivity contribution >= 4 is 18.6 Å². The Bertz CT molecular complexity index is 354. The molecule has 1 N–H and O–H groups in total. The zero-order valence-corrected chi connectivity index (χ0v) is 11.1. The first-order valence-corrected chi connectivity index (χ1v) is 6.12. The Kier molecular flexibility index (Phi) is 5.51. The van der Waals surface area contributed by atoms with E-state index in [9.17, 15) is 4.79 Å². The third kappa shape index (κ3) is 4.79. The van der Waals surface area contributed by atoms with Crippen LogP contribution in [0.25, 0.3) is 0 Å². The predicted octanol–water partition coefficient (Wildman–Crippen LogP) is 1.93. The van der Waals surface area contributed by atoms with Gasteiger partial charge in [0.25, 0.3) is 0 Å². The van der Waals surface area contributed by atoms with Crippen molar-refractivity contribution in [1.82, 2.24) is 4.90 Å². The van der Waals surface area contributed by atoms with E-state index < -0.39 is 5.97 Å². The van der Waals surface area contributed by atoms with Crippen LogP contribution in [0.1, 0.15) is 12.0 Å². The van der Waals surface area contributed by atoms with Crippen LogP contribution in [0.4, 0.5) is 0 Å². The molecular weight excluding hydrogens is 234 g/mol. The third-order valence-corrected chi connectivity index (χ3v) is 3.31. The molecular formula is C13H19NO2S. The first-order chi connectivity index (χ1) is 8.00. The lowest BCUT2D eigenvalue weighted by atomic mass is 10.0. The van der Waals surface area contributed by atoms with E-state index >= 15 is 0 Å². The number of likely N-dealkylation sites (N-methyl/N-ethyl adjacent to an activating group) is 1. The van der Waals surface area contributed by atoms with Gasteiger partial charge in [-0.1, -0.05) is 30.3 Å². The summed E-state index contributed by atoms with van der Waals surface area (Å²) in [5.74, 6) is -0.801. The lowest BCUT2D eigenvalue weighted by molar-refractivity contribution is -0.137. The molecule has 0 heterocycles. The molecule has 0 saturated carbocycles. The maximum absolute atomic E-state index is 10.7. The van der Waals surface area contributed by atoms with Gasteiger partial charge in [-0.2, -0.15) is 12.6 Å². The van der Waals surface area contributed by atoms with Gasteiger partial charge in [-0.15, -0.1) is 0 Å². The summed E-state index contributed by atoms with van der Waals surface area (Å²) in [6, 6.07) is 10.2. The van der Waals surface area contributed by atoms with E-state index in [0.717, 1.165) is 6.42 Å². The first-order valence-electron chi connectivity index (χ1n) is 5.61. The Hall–Kier alpha value is -1.00. The molecule has 3 nitrogen and oxygen atoms in total. The molecule has 0 saturated heterocycles. The van der Waals surface area contributed by atoms with Crippen molar-refractivity contribution < 1.29 is 9.90 Å². The summed E-state index contributed by atoms with van der Waals surface area (Å²) in [5, 5.41) is 8.65. The highest BCUT2D eigenvalue weighted by atomic mass is 32.1. The minimum atomic E-state index is -0.801. The molecule has 0 bridgehead atoms. The number of carboxylic acids is 1. The highest BCUT2D eigenvalue weighted by Crippen LogP contribution is 2.16. The monoisotopic (exact) mass is 253 g/mol. The fourth-order valence-corrected chi connectivity index (χ4v) is 2.36. The Morgan fingerprint density at radius 2 is 1.94 bits per heavy atom. The predicted molar refractivity (Wildman–Crippen MR) is 72.6 cm³/mol. The topological polar surface area (TPSA) is 40.5 Å². The quantitative estimate of drug-likeness (QED) is 0.761. The van der Waals surface area contributed by atoms with E-state index in [1.807, 2.05) is 37.2 Å². The fraction of sp³-hybridized carbons (Fsp3) is 0.462. The maximum atomic E-state index is 10.7. The van der Waals surface area contributed by atoms with Crippen molar-refractivity contribution in [3.63, 3.8) is 0 Å². The largest absolute Gasteiger partial charge is 0.481 e. The molecule has 0 aliphatic heterocycles. The number of carbonyl (C=O) groups is 1. The smallest absolute Gasteiger partial charge is 0.304 e. The summed E-state index contributed by atoms with van der Waals surface area (Å²) in [6.45, 7) is 0. The number of thiol groups is 1. The minimum absolute atomic E-state index is 0.0821. The average Bonchev–Trinajstić information content (AvgIpc) is 2.25. The van der Waals surface area contributed by atoms with Crippen LogP contribution in [-0.2, 0) is 11.2 Å². The summed E-state index contributed by atoms with van der Waals surface area (Å²) in [6.07, 6.45) is 0.897. The van der Waals surface area contributed by atoms with Gasteiger partial charge < -0.3 is 10.0 Å². The Balaban J connectivity index is 2.70. The lowest BCUT2D eigenvalue weighted by Crippen LogP contribution is -2.39. The first kappa shape index (κ1) is 14.1. The highest BCUT2D eigenvalue weighted by molar-refractivity contribution is 7.81. The van der Waals surface area contributed by atoms with Crippen molar-refractivity contribution in [2.24, 2.45) is 0 Å². The molecule has 94 valence electrons. The number of hydrogen-bond donors (Lipinski definition) is 2. The second kappa shape index (κ2) is 6.67. The van der Waals surface area contributed by atoms with Crippen molar-refractivity contribution in [2.75, 3.05) is 14.1 Å². The molecule has 1 aromatic carbocycles. The van der Waals surface area contributed by atoms with Crippen LogP contribution in [0, 0.1) is 0 Å². The SMILES string of the molecule is CN(C)[C@@H](Cc1ccccc1)C(S)CC(=O)O. The molecule has 1 aromatic rings. The molecule has 17 heavy (non-hydrogen) atoms. The van der Waals surface area contributed by atoms with E-state index in [1.54, 1.807) is 0 Å². The number of rotatable bonds is 6. The van der Waals surface area contributed by atoms with Crippen molar-refractivity contribution in [3.8, 4) is 0 Å². The van der Waals surface area contributed by atoms with Crippen molar-refractivity contribution in [3.05, 3.63) is 35.9 Å². The van der Waals surface area contributed by atoms with E-state index in [0.29, 0.717) is 0 Å². The zero-order valence-electron chi connectivity index (χ0n) is 10.2. The van der Waals surface area contributed by atoms with Gasteiger partial charge in [0.05, 0.1) is 6.42 Å². The van der Waals surface area contributed by atoms with Crippen LogP contribution in [0.3, 0.4) is 0 Å². The molecule has 0 radical (unpaired) electrons. The van der Waals surface area contributed by atoms with Gasteiger partial charge in [0, 0.05) is 11.3 Å². The van der Waals surface area contributed by atoms with E-state index in [2.05, 4.69) is 24.8 Å². The molecule has 0 aliphatic carbocycles. The Morgan fingerprint density at radius 3 is 2.41 bits per heavy atom. The number of aliphatic carboxylic acids is 1. The van der Waals surface area contributed by atoms with Crippen LogP contribution >= 0.6 is 12.6 Å². The van der Waals surface area contributed by atoms with E-state index in [4.69, 9.17) is 5.11 Å². The van der Waals surface area contributed by atoms with E-state index in [1.165, 1.54) is 5.56 Å². The standard InChI is InChI=1S/C13H19NO2S/c1-14(2)11(12(17)9-13(15)16)8-10-6-4-3-5-7-10/h3-7,11-12,17H,8-9H2,1-2H3,(H,15,16)/t11-,12?/m0/s1. The second-order valence-electron chi connectivity index (χ2n) is 4.39. The summed E-state index contributed by atoms with van der Waals surface area (Å²) in [4.78, 5) is 12.8. The average molecular weight is 253 g/mol. The molecule has 0 fully saturated rings. The van der Waals surface area contributed by atoms with Gasteiger partial charge in [0.1, 0.15) is 0 Å². The Morgan fingerprint density at radius 1 is 1.35 bits per heavy atom. The van der Waals surface area contributed by atoms with Gasteiger partial charge >= 0.3 is 5.97 Å². The van der Waals surface area contributed by atoms with Crippen LogP contribution in [0.5, 0.6) is 0 Å². The zero-order chi connectivity index (χ0) is 12.8. The number of nitrogens with zero attached hydrogens (tertiary/aromatic N) is 1. The van der Waals surface area contributed by atoms with Gasteiger partial charge in [-0.05, 0) is 26.1 Å². The molecule has 0 aromatic heterocycles. The molecule has 2 atom stereocenters. The molecule has 1 rings (SSSR count). The van der Waals surface area contributed by atoms with Gasteiger partial charge in [0.15, 0.2) is 0 Å². The van der Waals surface area contributed by atoms with E-state index in [-0.39, 0.29) is 17.7 Å². The molecule has 0 amide bonds. The number of carboxylic acid groups (broad SMARTS) is 1. The molecule has 0 aliphatic rings. The Labute approximate surface area is 108 Å². The lowest BCUT2D eigenvalue weighted by Gasteiger charge is -2.28. The number of hydrogen-bond acceptors (Lipinski definition) is 3. The highest BCUT2D eigenvalue weighted by Gasteiger charge is 2.22. The second-order valence-corrected chi connectivity index (χ2v) is 5.05. The van der Waals surface area contributed by atoms with Crippen LogP contribution in [0.2, 0.25) is 0 Å². The normalized spacial score (nSPS) is 14.6. The summed E-state index contributed by atoms with van der Waals surface area (Å²) in [5.41, 5.74) is 1.20.